The lowest BCUT2D eigenvalue weighted by Crippen LogP contribution is -2.41. The van der Waals surface area contributed by atoms with Crippen LogP contribution in [-0.2, 0) is 16.0 Å². The van der Waals surface area contributed by atoms with Gasteiger partial charge in [-0.1, -0.05) is 30.3 Å². The molecule has 0 radical (unpaired) electrons. The first-order valence-corrected chi connectivity index (χ1v) is 9.06. The lowest BCUT2D eigenvalue weighted by molar-refractivity contribution is -0.142. The minimum absolute atomic E-state index is 0.204. The topological polar surface area (TPSA) is 59.0 Å². The van der Waals surface area contributed by atoms with E-state index in [1.165, 1.54) is 5.69 Å². The van der Waals surface area contributed by atoms with E-state index in [4.69, 9.17) is 14.6 Å². The summed E-state index contributed by atoms with van der Waals surface area (Å²) in [5, 5.41) is 8.57. The zero-order valence-corrected chi connectivity index (χ0v) is 14.8. The number of nitrogens with zero attached hydrogens (tertiary/aromatic N) is 1. The molecular formula is C21H25NO4. The minimum atomic E-state index is -0.933. The number of para-hydroxylation sites is 1. The van der Waals surface area contributed by atoms with Gasteiger partial charge in [0, 0.05) is 12.2 Å². The maximum atomic E-state index is 10.4. The molecule has 2 aromatic rings. The van der Waals surface area contributed by atoms with Crippen LogP contribution in [0.1, 0.15) is 18.4 Å². The summed E-state index contributed by atoms with van der Waals surface area (Å²) < 4.78 is 11.2. The van der Waals surface area contributed by atoms with Gasteiger partial charge in [-0.05, 0) is 49.1 Å². The Morgan fingerprint density at radius 3 is 2.62 bits per heavy atom. The fourth-order valence-electron chi connectivity index (χ4n) is 3.18. The molecule has 0 amide bonds. The van der Waals surface area contributed by atoms with Gasteiger partial charge in [-0.25, -0.2) is 4.79 Å². The predicted octanol–water partition coefficient (Wildman–Crippen LogP) is 3.38. The standard InChI is InChI=1S/C21H25NO4/c23-21(24)16-25-14-12-17-8-10-18(11-9-17)22-13-4-7-20(15-22)26-19-5-2-1-3-6-19/h1-3,5-6,8-11,20H,4,7,12-16H2,(H,23,24). The summed E-state index contributed by atoms with van der Waals surface area (Å²) in [6.45, 7) is 2.10. The molecule has 0 aromatic heterocycles. The highest BCUT2D eigenvalue weighted by atomic mass is 16.5. The number of hydrogen-bond acceptors (Lipinski definition) is 4. The third-order valence-electron chi connectivity index (χ3n) is 4.49. The Labute approximate surface area is 154 Å². The molecule has 0 spiro atoms. The highest BCUT2D eigenvalue weighted by molar-refractivity contribution is 5.67. The summed E-state index contributed by atoms with van der Waals surface area (Å²) >= 11 is 0. The van der Waals surface area contributed by atoms with E-state index < -0.39 is 5.97 Å². The fourth-order valence-corrected chi connectivity index (χ4v) is 3.18. The van der Waals surface area contributed by atoms with Gasteiger partial charge in [0.25, 0.3) is 0 Å². The van der Waals surface area contributed by atoms with Gasteiger partial charge < -0.3 is 19.5 Å². The number of carboxylic acid groups (broad SMARTS) is 1. The summed E-state index contributed by atoms with van der Waals surface area (Å²) in [5.41, 5.74) is 2.34. The summed E-state index contributed by atoms with van der Waals surface area (Å²) in [4.78, 5) is 12.8. The van der Waals surface area contributed by atoms with Crippen LogP contribution in [0.5, 0.6) is 5.75 Å². The number of benzene rings is 2. The molecule has 1 fully saturated rings. The number of anilines is 1. The van der Waals surface area contributed by atoms with E-state index in [2.05, 4.69) is 29.2 Å². The van der Waals surface area contributed by atoms with Crippen molar-refractivity contribution in [1.82, 2.24) is 0 Å². The maximum absolute atomic E-state index is 10.4. The molecule has 2 aromatic carbocycles. The lowest BCUT2D eigenvalue weighted by Gasteiger charge is -2.34. The molecule has 138 valence electrons. The second kappa shape index (κ2) is 9.25. The number of hydrogen-bond donors (Lipinski definition) is 1. The Hall–Kier alpha value is -2.53. The molecule has 0 aliphatic carbocycles. The van der Waals surface area contributed by atoms with Gasteiger partial charge in [-0.2, -0.15) is 0 Å². The van der Waals surface area contributed by atoms with Crippen molar-refractivity contribution in [2.45, 2.75) is 25.4 Å². The maximum Gasteiger partial charge on any atom is 0.329 e. The number of carboxylic acids is 1. The van der Waals surface area contributed by atoms with Crippen molar-refractivity contribution in [3.63, 3.8) is 0 Å². The summed E-state index contributed by atoms with van der Waals surface area (Å²) in [5.74, 6) is -0.00576. The second-order valence-corrected chi connectivity index (χ2v) is 6.50. The van der Waals surface area contributed by atoms with E-state index in [0.29, 0.717) is 13.0 Å². The highest BCUT2D eigenvalue weighted by Crippen LogP contribution is 2.23. The second-order valence-electron chi connectivity index (χ2n) is 6.50. The van der Waals surface area contributed by atoms with Gasteiger partial charge in [0.05, 0.1) is 13.2 Å². The third-order valence-corrected chi connectivity index (χ3v) is 4.49. The van der Waals surface area contributed by atoms with Gasteiger partial charge in [-0.3, -0.25) is 0 Å². The van der Waals surface area contributed by atoms with Crippen LogP contribution in [-0.4, -0.2) is 43.5 Å². The molecule has 5 nitrogen and oxygen atoms in total. The molecule has 0 bridgehead atoms. The summed E-state index contributed by atoms with van der Waals surface area (Å²) in [7, 11) is 0. The number of carbonyl (C=O) groups is 1. The largest absolute Gasteiger partial charge is 0.489 e. The number of aliphatic carboxylic acids is 1. The molecule has 1 aliphatic heterocycles. The van der Waals surface area contributed by atoms with E-state index in [1.807, 2.05) is 30.3 Å². The zero-order chi connectivity index (χ0) is 18.2. The van der Waals surface area contributed by atoms with E-state index in [1.54, 1.807) is 0 Å². The van der Waals surface area contributed by atoms with Gasteiger partial charge in [-0.15, -0.1) is 0 Å². The first-order chi connectivity index (χ1) is 12.7. The SMILES string of the molecule is O=C(O)COCCc1ccc(N2CCCC(Oc3ccccc3)C2)cc1. The Kier molecular flexibility index (Phi) is 6.50. The summed E-state index contributed by atoms with van der Waals surface area (Å²) in [6.07, 6.45) is 3.11. The van der Waals surface area contributed by atoms with Gasteiger partial charge in [0.1, 0.15) is 18.5 Å². The molecular weight excluding hydrogens is 330 g/mol. The number of rotatable bonds is 8. The zero-order valence-electron chi connectivity index (χ0n) is 14.8. The molecule has 0 saturated carbocycles. The van der Waals surface area contributed by atoms with Crippen LogP contribution in [0, 0.1) is 0 Å². The van der Waals surface area contributed by atoms with Crippen molar-refractivity contribution in [3.8, 4) is 5.75 Å². The highest BCUT2D eigenvalue weighted by Gasteiger charge is 2.21. The van der Waals surface area contributed by atoms with Crippen LogP contribution in [0.2, 0.25) is 0 Å². The first kappa shape index (κ1) is 18.3. The van der Waals surface area contributed by atoms with Crippen LogP contribution < -0.4 is 9.64 Å². The molecule has 1 atom stereocenters. The van der Waals surface area contributed by atoms with Crippen LogP contribution in [0.15, 0.2) is 54.6 Å². The Morgan fingerprint density at radius 2 is 1.88 bits per heavy atom. The van der Waals surface area contributed by atoms with Crippen LogP contribution >= 0.6 is 0 Å². The van der Waals surface area contributed by atoms with Crippen LogP contribution in [0.3, 0.4) is 0 Å². The number of ether oxygens (including phenoxy) is 2. The molecule has 26 heavy (non-hydrogen) atoms. The van der Waals surface area contributed by atoms with Crippen molar-refractivity contribution in [2.24, 2.45) is 0 Å². The predicted molar refractivity (Wildman–Crippen MR) is 101 cm³/mol. The van der Waals surface area contributed by atoms with E-state index in [-0.39, 0.29) is 12.7 Å². The van der Waals surface area contributed by atoms with E-state index in [0.717, 1.165) is 37.2 Å². The van der Waals surface area contributed by atoms with Crippen molar-refractivity contribution >= 4 is 11.7 Å². The molecule has 1 unspecified atom stereocenters. The van der Waals surface area contributed by atoms with Crippen molar-refractivity contribution in [3.05, 3.63) is 60.2 Å². The van der Waals surface area contributed by atoms with Crippen molar-refractivity contribution < 1.29 is 19.4 Å². The van der Waals surface area contributed by atoms with Gasteiger partial charge in [0.2, 0.25) is 0 Å². The van der Waals surface area contributed by atoms with Crippen molar-refractivity contribution in [2.75, 3.05) is 31.2 Å². The van der Waals surface area contributed by atoms with Crippen LogP contribution in [0.25, 0.3) is 0 Å². The van der Waals surface area contributed by atoms with E-state index in [9.17, 15) is 4.79 Å². The minimum Gasteiger partial charge on any atom is -0.489 e. The Morgan fingerprint density at radius 1 is 1.12 bits per heavy atom. The average molecular weight is 355 g/mol. The van der Waals surface area contributed by atoms with Crippen LogP contribution in [0.4, 0.5) is 5.69 Å². The molecule has 5 heteroatoms. The quantitative estimate of drug-likeness (QED) is 0.736. The lowest BCUT2D eigenvalue weighted by atomic mass is 10.1. The third kappa shape index (κ3) is 5.49. The Bertz CT molecular complexity index is 687. The normalized spacial score (nSPS) is 17.1. The molecule has 1 aliphatic rings. The number of piperidine rings is 1. The van der Waals surface area contributed by atoms with Gasteiger partial charge >= 0.3 is 5.97 Å². The molecule has 1 N–H and O–H groups in total. The summed E-state index contributed by atoms with van der Waals surface area (Å²) in [6, 6.07) is 18.4. The Balaban J connectivity index is 1.51. The van der Waals surface area contributed by atoms with Crippen molar-refractivity contribution in [1.29, 1.82) is 0 Å². The monoisotopic (exact) mass is 355 g/mol. The fraction of sp³-hybridized carbons (Fsp3) is 0.381. The first-order valence-electron chi connectivity index (χ1n) is 9.06. The average Bonchev–Trinajstić information content (AvgIpc) is 2.67. The molecule has 1 heterocycles. The smallest absolute Gasteiger partial charge is 0.329 e. The van der Waals surface area contributed by atoms with Gasteiger partial charge in [0.15, 0.2) is 0 Å². The molecule has 3 rings (SSSR count). The molecule has 1 saturated heterocycles. The van der Waals surface area contributed by atoms with E-state index >= 15 is 0 Å².